The molecule has 0 aliphatic carbocycles. The third-order valence-corrected chi connectivity index (χ3v) is 8.30. The lowest BCUT2D eigenvalue weighted by Gasteiger charge is -2.32. The molecule has 0 aliphatic rings. The van der Waals surface area contributed by atoms with Crippen LogP contribution in [0.2, 0.25) is 5.02 Å². The summed E-state index contributed by atoms with van der Waals surface area (Å²) < 4.78 is 28.7. The minimum absolute atomic E-state index is 0.0341. The average molecular weight is 556 g/mol. The van der Waals surface area contributed by atoms with E-state index in [0.29, 0.717) is 0 Å². The van der Waals surface area contributed by atoms with Gasteiger partial charge in [-0.2, -0.15) is 0 Å². The molecule has 1 N–H and O–H groups in total. The number of carbonyl (C=O) groups is 2. The van der Waals surface area contributed by atoms with Gasteiger partial charge in [-0.25, -0.2) is 8.42 Å². The molecule has 0 aromatic heterocycles. The standard InChI is InChI=1S/C29H34ClN3O4S/c1-20(2)31-29(35)23(5)32(18-24-11-7-6-10-22(24)4)28(34)19-33(27-13-9-8-12-26(27)30)38(36,37)25-16-14-21(3)15-17-25/h6-17,20,23H,18-19H2,1-5H3,(H,31,35). The van der Waals surface area contributed by atoms with Crippen molar-refractivity contribution in [3.63, 3.8) is 0 Å². The fourth-order valence-electron chi connectivity index (χ4n) is 3.96. The van der Waals surface area contributed by atoms with Gasteiger partial charge in [0.05, 0.1) is 15.6 Å². The third-order valence-electron chi connectivity index (χ3n) is 6.21. The summed E-state index contributed by atoms with van der Waals surface area (Å²) >= 11 is 6.43. The maximum Gasteiger partial charge on any atom is 0.264 e. The van der Waals surface area contributed by atoms with Crippen LogP contribution in [-0.2, 0) is 26.2 Å². The minimum atomic E-state index is -4.17. The second-order valence-electron chi connectivity index (χ2n) is 9.56. The topological polar surface area (TPSA) is 86.8 Å². The molecular formula is C29H34ClN3O4S. The van der Waals surface area contributed by atoms with Gasteiger partial charge in [0.15, 0.2) is 0 Å². The van der Waals surface area contributed by atoms with Gasteiger partial charge >= 0.3 is 0 Å². The van der Waals surface area contributed by atoms with Crippen molar-refractivity contribution in [3.05, 3.63) is 94.5 Å². The highest BCUT2D eigenvalue weighted by Gasteiger charge is 2.33. The summed E-state index contributed by atoms with van der Waals surface area (Å²) in [6.07, 6.45) is 0. The molecule has 9 heteroatoms. The van der Waals surface area contributed by atoms with Gasteiger partial charge in [0.25, 0.3) is 10.0 Å². The maximum atomic E-state index is 13.9. The van der Waals surface area contributed by atoms with Crippen LogP contribution < -0.4 is 9.62 Å². The lowest BCUT2D eigenvalue weighted by molar-refractivity contribution is -0.139. The number of sulfonamides is 1. The van der Waals surface area contributed by atoms with Crippen molar-refractivity contribution in [2.45, 2.75) is 58.1 Å². The van der Waals surface area contributed by atoms with Crippen LogP contribution in [0.15, 0.2) is 77.7 Å². The van der Waals surface area contributed by atoms with E-state index < -0.39 is 28.5 Å². The maximum absolute atomic E-state index is 13.9. The smallest absolute Gasteiger partial charge is 0.264 e. The van der Waals surface area contributed by atoms with Gasteiger partial charge < -0.3 is 10.2 Å². The molecule has 38 heavy (non-hydrogen) atoms. The number of nitrogens with one attached hydrogen (secondary N) is 1. The van der Waals surface area contributed by atoms with Crippen LogP contribution >= 0.6 is 11.6 Å². The lowest BCUT2D eigenvalue weighted by Crippen LogP contribution is -2.52. The number of aryl methyl sites for hydroxylation is 2. The Bertz CT molecular complexity index is 1390. The van der Waals surface area contributed by atoms with E-state index in [9.17, 15) is 18.0 Å². The average Bonchev–Trinajstić information content (AvgIpc) is 2.86. The number of rotatable bonds is 10. The Morgan fingerprint density at radius 3 is 2.11 bits per heavy atom. The number of hydrogen-bond donors (Lipinski definition) is 1. The number of carbonyl (C=O) groups excluding carboxylic acids is 2. The van der Waals surface area contributed by atoms with Gasteiger partial charge in [-0.15, -0.1) is 0 Å². The molecule has 3 rings (SSSR count). The normalized spacial score (nSPS) is 12.2. The summed E-state index contributed by atoms with van der Waals surface area (Å²) in [6, 6.07) is 19.5. The van der Waals surface area contributed by atoms with E-state index >= 15 is 0 Å². The molecule has 0 bridgehead atoms. The number of halogens is 1. The monoisotopic (exact) mass is 555 g/mol. The molecule has 0 fully saturated rings. The van der Waals surface area contributed by atoms with Crippen LogP contribution in [0.25, 0.3) is 0 Å². The quantitative estimate of drug-likeness (QED) is 0.377. The van der Waals surface area contributed by atoms with Gasteiger partial charge in [0.2, 0.25) is 11.8 Å². The van der Waals surface area contributed by atoms with E-state index in [1.807, 2.05) is 52.0 Å². The van der Waals surface area contributed by atoms with Crippen molar-refractivity contribution in [1.29, 1.82) is 0 Å². The van der Waals surface area contributed by atoms with Gasteiger partial charge in [-0.05, 0) is 70.0 Å². The zero-order chi connectivity index (χ0) is 28.0. The molecule has 3 aromatic rings. The molecule has 7 nitrogen and oxygen atoms in total. The van der Waals surface area contributed by atoms with Crippen LogP contribution in [0.5, 0.6) is 0 Å². The number of benzene rings is 3. The summed E-state index contributed by atoms with van der Waals surface area (Å²) in [5.74, 6) is -0.858. The van der Waals surface area contributed by atoms with E-state index in [4.69, 9.17) is 11.6 Å². The fourth-order valence-corrected chi connectivity index (χ4v) is 5.68. The Morgan fingerprint density at radius 2 is 1.50 bits per heavy atom. The van der Waals surface area contributed by atoms with Crippen LogP contribution in [0, 0.1) is 13.8 Å². The van der Waals surface area contributed by atoms with E-state index in [0.717, 1.165) is 21.0 Å². The van der Waals surface area contributed by atoms with Gasteiger partial charge in [-0.1, -0.05) is 65.7 Å². The highest BCUT2D eigenvalue weighted by Crippen LogP contribution is 2.31. The van der Waals surface area contributed by atoms with Crippen molar-refractivity contribution in [3.8, 4) is 0 Å². The molecule has 0 aliphatic heterocycles. The molecule has 0 radical (unpaired) electrons. The van der Waals surface area contributed by atoms with Gasteiger partial charge in [-0.3, -0.25) is 13.9 Å². The minimum Gasteiger partial charge on any atom is -0.352 e. The third kappa shape index (κ3) is 6.94. The number of anilines is 1. The Morgan fingerprint density at radius 1 is 0.895 bits per heavy atom. The Balaban J connectivity index is 2.06. The van der Waals surface area contributed by atoms with E-state index in [1.165, 1.54) is 17.0 Å². The number of amides is 2. The number of hydrogen-bond acceptors (Lipinski definition) is 4. The fraction of sp³-hybridized carbons (Fsp3) is 0.310. The second-order valence-corrected chi connectivity index (χ2v) is 11.8. The van der Waals surface area contributed by atoms with Gasteiger partial charge in [0.1, 0.15) is 12.6 Å². The molecule has 1 unspecified atom stereocenters. The summed E-state index contributed by atoms with van der Waals surface area (Å²) in [6.45, 7) is 8.71. The summed E-state index contributed by atoms with van der Waals surface area (Å²) in [5.41, 5.74) is 2.89. The number of nitrogens with zero attached hydrogens (tertiary/aromatic N) is 2. The lowest BCUT2D eigenvalue weighted by atomic mass is 10.1. The number of para-hydroxylation sites is 1. The SMILES string of the molecule is Cc1ccc(S(=O)(=O)N(CC(=O)N(Cc2ccccc2C)C(C)C(=O)NC(C)C)c2ccccc2Cl)cc1. The molecule has 1 atom stereocenters. The van der Waals surface area contributed by atoms with Crippen LogP contribution in [0.3, 0.4) is 0 Å². The molecule has 3 aromatic carbocycles. The van der Waals surface area contributed by atoms with Crippen LogP contribution in [0.1, 0.15) is 37.5 Å². The predicted octanol–water partition coefficient (Wildman–Crippen LogP) is 5.09. The van der Waals surface area contributed by atoms with Crippen molar-refractivity contribution >= 4 is 39.1 Å². The first kappa shape index (κ1) is 29.2. The summed E-state index contributed by atoms with van der Waals surface area (Å²) in [4.78, 5) is 28.3. The zero-order valence-electron chi connectivity index (χ0n) is 22.3. The second kappa shape index (κ2) is 12.5. The van der Waals surface area contributed by atoms with E-state index in [2.05, 4.69) is 5.32 Å². The molecule has 0 saturated heterocycles. The molecule has 2 amide bonds. The summed E-state index contributed by atoms with van der Waals surface area (Å²) in [7, 11) is -4.17. The van der Waals surface area contributed by atoms with Crippen LogP contribution in [0.4, 0.5) is 5.69 Å². The zero-order valence-corrected chi connectivity index (χ0v) is 23.9. The molecule has 0 heterocycles. The highest BCUT2D eigenvalue weighted by molar-refractivity contribution is 7.92. The first-order valence-electron chi connectivity index (χ1n) is 12.4. The van der Waals surface area contributed by atoms with Crippen molar-refractivity contribution < 1.29 is 18.0 Å². The Labute approximate surface area is 230 Å². The molecule has 0 spiro atoms. The summed E-state index contributed by atoms with van der Waals surface area (Å²) in [5, 5.41) is 3.04. The van der Waals surface area contributed by atoms with Crippen molar-refractivity contribution in [2.24, 2.45) is 0 Å². The Kier molecular flexibility index (Phi) is 9.57. The predicted molar refractivity (Wildman–Crippen MR) is 152 cm³/mol. The van der Waals surface area contributed by atoms with Gasteiger partial charge in [0, 0.05) is 12.6 Å². The molecule has 202 valence electrons. The van der Waals surface area contributed by atoms with Crippen molar-refractivity contribution in [2.75, 3.05) is 10.8 Å². The van der Waals surface area contributed by atoms with E-state index in [1.54, 1.807) is 43.3 Å². The molecule has 0 saturated carbocycles. The first-order valence-corrected chi connectivity index (χ1v) is 14.2. The molecular weight excluding hydrogens is 522 g/mol. The van der Waals surface area contributed by atoms with Crippen molar-refractivity contribution in [1.82, 2.24) is 10.2 Å². The first-order chi connectivity index (χ1) is 17.9. The van der Waals surface area contributed by atoms with E-state index in [-0.39, 0.29) is 34.1 Å². The van der Waals surface area contributed by atoms with Crippen LogP contribution in [-0.4, -0.2) is 43.8 Å². The highest BCUT2D eigenvalue weighted by atomic mass is 35.5. The largest absolute Gasteiger partial charge is 0.352 e. The Hall–Kier alpha value is -3.36.